The number of aryl methyl sites for hydroxylation is 1. The molecule has 0 unspecified atom stereocenters. The summed E-state index contributed by atoms with van der Waals surface area (Å²) in [7, 11) is -3.60. The lowest BCUT2D eigenvalue weighted by Gasteiger charge is -2.19. The number of nitrogen functional groups attached to an aromatic ring is 1. The third kappa shape index (κ3) is 2.94. The van der Waals surface area contributed by atoms with Crippen LogP contribution in [0.25, 0.3) is 0 Å². The van der Waals surface area contributed by atoms with E-state index in [1.54, 1.807) is 12.1 Å². The first kappa shape index (κ1) is 14.8. The van der Waals surface area contributed by atoms with Crippen molar-refractivity contribution in [2.45, 2.75) is 24.7 Å². The average Bonchev–Trinajstić information content (AvgIpc) is 2.63. The summed E-state index contributed by atoms with van der Waals surface area (Å²) in [5, 5.41) is 2.66. The second-order valence-corrected chi connectivity index (χ2v) is 6.66. The van der Waals surface area contributed by atoms with Crippen LogP contribution in [0.2, 0.25) is 0 Å². The number of anilines is 1. The molecule has 1 saturated heterocycles. The molecule has 1 fully saturated rings. The Morgan fingerprint density at radius 2 is 2.10 bits per heavy atom. The van der Waals surface area contributed by atoms with Gasteiger partial charge in [0, 0.05) is 31.7 Å². The van der Waals surface area contributed by atoms with E-state index >= 15 is 0 Å². The largest absolute Gasteiger partial charge is 0.398 e. The molecule has 0 spiro atoms. The predicted octanol–water partition coefficient (Wildman–Crippen LogP) is 0.342. The third-order valence-electron chi connectivity index (χ3n) is 3.41. The smallest absolute Gasteiger partial charge is 0.243 e. The van der Waals surface area contributed by atoms with Gasteiger partial charge in [-0.2, -0.15) is 4.31 Å². The Hall–Kier alpha value is -1.60. The zero-order valence-electron chi connectivity index (χ0n) is 11.4. The average molecular weight is 297 g/mol. The van der Waals surface area contributed by atoms with Gasteiger partial charge in [-0.1, -0.05) is 13.0 Å². The van der Waals surface area contributed by atoms with Crippen LogP contribution in [0.1, 0.15) is 18.9 Å². The number of amides is 1. The van der Waals surface area contributed by atoms with E-state index < -0.39 is 10.0 Å². The van der Waals surface area contributed by atoms with Gasteiger partial charge in [-0.25, -0.2) is 8.42 Å². The molecule has 1 heterocycles. The molecular formula is C13H19N3O3S. The predicted molar refractivity (Wildman–Crippen MR) is 76.6 cm³/mol. The van der Waals surface area contributed by atoms with Crippen LogP contribution in [-0.4, -0.2) is 38.3 Å². The molecule has 0 bridgehead atoms. The minimum Gasteiger partial charge on any atom is -0.398 e. The van der Waals surface area contributed by atoms with E-state index in [9.17, 15) is 13.2 Å². The van der Waals surface area contributed by atoms with E-state index in [2.05, 4.69) is 5.32 Å². The number of hydrogen-bond donors (Lipinski definition) is 2. The Bertz CT molecular complexity index is 613. The van der Waals surface area contributed by atoms with Crippen molar-refractivity contribution in [3.63, 3.8) is 0 Å². The minimum atomic E-state index is -3.60. The lowest BCUT2D eigenvalue weighted by atomic mass is 10.1. The summed E-state index contributed by atoms with van der Waals surface area (Å²) < 4.78 is 26.4. The second-order valence-electron chi connectivity index (χ2n) is 4.72. The molecule has 0 saturated carbocycles. The molecule has 1 aromatic carbocycles. The zero-order chi connectivity index (χ0) is 14.8. The number of sulfonamides is 1. The fourth-order valence-electron chi connectivity index (χ4n) is 2.19. The molecule has 1 aliphatic heterocycles. The highest BCUT2D eigenvalue weighted by molar-refractivity contribution is 7.89. The Kier molecular flexibility index (Phi) is 4.29. The van der Waals surface area contributed by atoms with Crippen LogP contribution in [0.4, 0.5) is 5.69 Å². The summed E-state index contributed by atoms with van der Waals surface area (Å²) in [5.41, 5.74) is 7.27. The third-order valence-corrected chi connectivity index (χ3v) is 5.30. The van der Waals surface area contributed by atoms with E-state index in [0.29, 0.717) is 12.2 Å². The molecule has 7 heteroatoms. The number of benzene rings is 1. The molecule has 0 aromatic heterocycles. The highest BCUT2D eigenvalue weighted by Gasteiger charge is 2.27. The van der Waals surface area contributed by atoms with E-state index in [4.69, 9.17) is 5.73 Å². The van der Waals surface area contributed by atoms with Crippen LogP contribution in [0.15, 0.2) is 23.1 Å². The van der Waals surface area contributed by atoms with Crippen molar-refractivity contribution in [1.29, 1.82) is 0 Å². The molecule has 110 valence electrons. The molecule has 0 atom stereocenters. The van der Waals surface area contributed by atoms with Gasteiger partial charge in [0.15, 0.2) is 0 Å². The Morgan fingerprint density at radius 1 is 1.35 bits per heavy atom. The van der Waals surface area contributed by atoms with Gasteiger partial charge in [-0.15, -0.1) is 0 Å². The van der Waals surface area contributed by atoms with Crippen LogP contribution in [0.5, 0.6) is 0 Å². The fourth-order valence-corrected chi connectivity index (χ4v) is 3.67. The molecule has 6 nitrogen and oxygen atoms in total. The number of rotatable bonds is 3. The van der Waals surface area contributed by atoms with Crippen molar-refractivity contribution in [3.8, 4) is 0 Å². The van der Waals surface area contributed by atoms with Gasteiger partial charge in [0.05, 0.1) is 4.90 Å². The van der Waals surface area contributed by atoms with E-state index in [1.165, 1.54) is 10.4 Å². The van der Waals surface area contributed by atoms with Gasteiger partial charge >= 0.3 is 0 Å². The molecule has 2 rings (SSSR count). The van der Waals surface area contributed by atoms with Gasteiger partial charge in [0.25, 0.3) is 0 Å². The molecular weight excluding hydrogens is 278 g/mol. The van der Waals surface area contributed by atoms with Crippen LogP contribution in [0, 0.1) is 0 Å². The second kappa shape index (κ2) is 5.80. The highest BCUT2D eigenvalue weighted by Crippen LogP contribution is 2.22. The van der Waals surface area contributed by atoms with Crippen molar-refractivity contribution in [3.05, 3.63) is 23.8 Å². The van der Waals surface area contributed by atoms with E-state index in [-0.39, 0.29) is 30.3 Å². The summed E-state index contributed by atoms with van der Waals surface area (Å²) in [6.45, 7) is 2.78. The Morgan fingerprint density at radius 3 is 2.75 bits per heavy atom. The quantitative estimate of drug-likeness (QED) is 0.787. The Balaban J connectivity index is 2.29. The summed E-state index contributed by atoms with van der Waals surface area (Å²) in [5.74, 6) is -0.122. The molecule has 1 aliphatic rings. The topological polar surface area (TPSA) is 92.5 Å². The minimum absolute atomic E-state index is 0.122. The van der Waals surface area contributed by atoms with Gasteiger partial charge in [0.2, 0.25) is 15.9 Å². The maximum absolute atomic E-state index is 12.5. The summed E-state index contributed by atoms with van der Waals surface area (Å²) in [4.78, 5) is 11.5. The Labute approximate surface area is 119 Å². The standard InChI is InChI=1S/C13H19N3O3S/c1-2-10-3-4-11(9-12(10)14)20(18,19)16-7-5-13(17)15-6-8-16/h3-4,9H,2,5-8,14H2,1H3,(H,15,17). The monoisotopic (exact) mass is 297 g/mol. The van der Waals surface area contributed by atoms with Crippen LogP contribution in [-0.2, 0) is 21.2 Å². The maximum Gasteiger partial charge on any atom is 0.243 e. The first-order valence-electron chi connectivity index (χ1n) is 6.60. The van der Waals surface area contributed by atoms with Crippen LogP contribution in [0.3, 0.4) is 0 Å². The number of nitrogens with zero attached hydrogens (tertiary/aromatic N) is 1. The first-order valence-corrected chi connectivity index (χ1v) is 8.04. The van der Waals surface area contributed by atoms with Gasteiger partial charge < -0.3 is 11.1 Å². The normalized spacial score (nSPS) is 17.6. The molecule has 20 heavy (non-hydrogen) atoms. The SMILES string of the molecule is CCc1ccc(S(=O)(=O)N2CCNC(=O)CC2)cc1N. The summed E-state index contributed by atoms with van der Waals surface area (Å²) >= 11 is 0. The van der Waals surface area contributed by atoms with Crippen LogP contribution >= 0.6 is 0 Å². The molecule has 1 amide bonds. The maximum atomic E-state index is 12.5. The van der Waals surface area contributed by atoms with Crippen molar-refractivity contribution in [1.82, 2.24) is 9.62 Å². The first-order chi connectivity index (χ1) is 9.45. The number of nitrogens with two attached hydrogens (primary N) is 1. The molecule has 0 aliphatic carbocycles. The van der Waals surface area contributed by atoms with Crippen molar-refractivity contribution < 1.29 is 13.2 Å². The summed E-state index contributed by atoms with van der Waals surface area (Å²) in [6, 6.07) is 4.81. The number of nitrogens with one attached hydrogen (secondary N) is 1. The molecule has 1 aromatic rings. The van der Waals surface area contributed by atoms with E-state index in [1.807, 2.05) is 6.92 Å². The zero-order valence-corrected chi connectivity index (χ0v) is 12.2. The highest BCUT2D eigenvalue weighted by atomic mass is 32.2. The van der Waals surface area contributed by atoms with Crippen molar-refractivity contribution in [2.24, 2.45) is 0 Å². The summed E-state index contributed by atoms with van der Waals surface area (Å²) in [6.07, 6.45) is 0.941. The van der Waals surface area contributed by atoms with Gasteiger partial charge in [-0.3, -0.25) is 4.79 Å². The molecule has 0 radical (unpaired) electrons. The fraction of sp³-hybridized carbons (Fsp3) is 0.462. The van der Waals surface area contributed by atoms with Gasteiger partial charge in [-0.05, 0) is 24.1 Å². The van der Waals surface area contributed by atoms with Crippen LogP contribution < -0.4 is 11.1 Å². The number of carbonyl (C=O) groups is 1. The van der Waals surface area contributed by atoms with E-state index in [0.717, 1.165) is 12.0 Å². The van der Waals surface area contributed by atoms with Crippen molar-refractivity contribution >= 4 is 21.6 Å². The van der Waals surface area contributed by atoms with Gasteiger partial charge in [0.1, 0.15) is 0 Å². The van der Waals surface area contributed by atoms with Crippen molar-refractivity contribution in [2.75, 3.05) is 25.4 Å². The number of carbonyl (C=O) groups excluding carboxylic acids is 1. The lowest BCUT2D eigenvalue weighted by Crippen LogP contribution is -2.34. The number of hydrogen-bond acceptors (Lipinski definition) is 4. The lowest BCUT2D eigenvalue weighted by molar-refractivity contribution is -0.120. The molecule has 3 N–H and O–H groups in total.